The number of amides is 1. The van der Waals surface area contributed by atoms with Gasteiger partial charge >= 0.3 is 11.8 Å². The highest BCUT2D eigenvalue weighted by Gasteiger charge is 2.42. The molecule has 1 aliphatic carbocycles. The summed E-state index contributed by atoms with van der Waals surface area (Å²) in [6.45, 7) is 0.477. The number of carbonyl (C=O) groups is 1. The standard InChI is InChI=1S/C24H21N7O3/c1-30-11-14(10-27-30)22-28-29-23(34-22)24(32)31-9-8-16-19(26-12-25-16)20(31)21-18(13-6-7-13)15-4-2-3-5-17(15)33-21/h2-5,10-13,20H,6-9H2,1H3,(H,25,26)/t20-/m1/s1. The van der Waals surface area contributed by atoms with Crippen LogP contribution >= 0.6 is 0 Å². The van der Waals surface area contributed by atoms with Crippen LogP contribution in [0.1, 0.15) is 58.2 Å². The lowest BCUT2D eigenvalue weighted by atomic mass is 9.95. The van der Waals surface area contributed by atoms with Gasteiger partial charge in [-0.05, 0) is 24.8 Å². The number of imidazole rings is 1. The number of H-pyrrole nitrogens is 1. The molecule has 34 heavy (non-hydrogen) atoms. The number of furan rings is 1. The van der Waals surface area contributed by atoms with Crippen molar-refractivity contribution in [3.05, 3.63) is 71.6 Å². The van der Waals surface area contributed by atoms with Gasteiger partial charge in [0.25, 0.3) is 5.89 Å². The van der Waals surface area contributed by atoms with Crippen LogP contribution in [0.5, 0.6) is 0 Å². The van der Waals surface area contributed by atoms with Crippen LogP contribution in [0.4, 0.5) is 0 Å². The lowest BCUT2D eigenvalue weighted by Crippen LogP contribution is -2.41. The Labute approximate surface area is 193 Å². The third kappa shape index (κ3) is 2.91. The van der Waals surface area contributed by atoms with E-state index < -0.39 is 6.04 Å². The van der Waals surface area contributed by atoms with E-state index in [9.17, 15) is 4.79 Å². The van der Waals surface area contributed by atoms with Crippen LogP contribution in [-0.4, -0.2) is 47.3 Å². The number of aromatic nitrogens is 6. The molecule has 7 rings (SSSR count). The van der Waals surface area contributed by atoms with Gasteiger partial charge in [0, 0.05) is 42.9 Å². The molecule has 0 radical (unpaired) electrons. The summed E-state index contributed by atoms with van der Waals surface area (Å²) in [5, 5.41) is 13.4. The molecule has 4 aromatic heterocycles. The van der Waals surface area contributed by atoms with Gasteiger partial charge in [0.15, 0.2) is 0 Å². The van der Waals surface area contributed by atoms with Crippen LogP contribution in [0.25, 0.3) is 22.4 Å². The molecule has 0 spiro atoms. The van der Waals surface area contributed by atoms with Crippen molar-refractivity contribution in [2.24, 2.45) is 7.05 Å². The number of nitrogens with zero attached hydrogens (tertiary/aromatic N) is 6. The first kappa shape index (κ1) is 19.3. The van der Waals surface area contributed by atoms with E-state index in [-0.39, 0.29) is 17.7 Å². The molecule has 1 N–H and O–H groups in total. The molecule has 0 saturated heterocycles. The quantitative estimate of drug-likeness (QED) is 0.440. The zero-order valence-electron chi connectivity index (χ0n) is 18.4. The molecule has 2 aliphatic rings. The fraction of sp³-hybridized carbons (Fsp3) is 0.292. The number of hydrogen-bond donors (Lipinski definition) is 1. The Morgan fingerprint density at radius 1 is 1.18 bits per heavy atom. The molecule has 1 saturated carbocycles. The van der Waals surface area contributed by atoms with Gasteiger partial charge in [-0.3, -0.25) is 9.48 Å². The first-order chi connectivity index (χ1) is 16.7. The molecule has 1 aliphatic heterocycles. The monoisotopic (exact) mass is 455 g/mol. The molecular weight excluding hydrogens is 434 g/mol. The lowest BCUT2D eigenvalue weighted by Gasteiger charge is -2.33. The predicted molar refractivity (Wildman–Crippen MR) is 120 cm³/mol. The largest absolute Gasteiger partial charge is 0.458 e. The minimum absolute atomic E-state index is 0.0630. The van der Waals surface area contributed by atoms with E-state index >= 15 is 0 Å². The third-order valence-electron chi connectivity index (χ3n) is 6.64. The number of hydrogen-bond acceptors (Lipinski definition) is 7. The van der Waals surface area contributed by atoms with Gasteiger partial charge in [0.05, 0.1) is 23.8 Å². The van der Waals surface area contributed by atoms with Crippen molar-refractivity contribution in [2.45, 2.75) is 31.2 Å². The molecule has 1 aromatic carbocycles. The second kappa shape index (κ2) is 7.14. The van der Waals surface area contributed by atoms with E-state index in [4.69, 9.17) is 8.83 Å². The van der Waals surface area contributed by atoms with Crippen molar-refractivity contribution in [1.82, 2.24) is 34.8 Å². The highest BCUT2D eigenvalue weighted by Crippen LogP contribution is 2.50. The second-order valence-corrected chi connectivity index (χ2v) is 8.88. The SMILES string of the molecule is Cn1cc(-c2nnc(C(=O)N3CCc4[nH]cnc4[C@@H]3c3oc4ccccc4c3C3CC3)o2)cn1. The Morgan fingerprint density at radius 2 is 2.06 bits per heavy atom. The fourth-order valence-corrected chi connectivity index (χ4v) is 4.92. The molecule has 0 unspecified atom stereocenters. The Balaban J connectivity index is 1.33. The van der Waals surface area contributed by atoms with E-state index in [1.807, 2.05) is 18.2 Å². The smallest absolute Gasteiger partial charge is 0.312 e. The molecule has 1 amide bonds. The zero-order valence-corrected chi connectivity index (χ0v) is 18.4. The van der Waals surface area contributed by atoms with Crippen molar-refractivity contribution in [3.63, 3.8) is 0 Å². The predicted octanol–water partition coefficient (Wildman–Crippen LogP) is 3.60. The minimum Gasteiger partial charge on any atom is -0.458 e. The lowest BCUT2D eigenvalue weighted by molar-refractivity contribution is 0.0631. The number of carbonyl (C=O) groups excluding carboxylic acids is 1. The summed E-state index contributed by atoms with van der Waals surface area (Å²) in [4.78, 5) is 23.3. The van der Waals surface area contributed by atoms with Crippen molar-refractivity contribution in [1.29, 1.82) is 0 Å². The maximum absolute atomic E-state index is 13.7. The van der Waals surface area contributed by atoms with E-state index in [0.717, 1.165) is 41.0 Å². The van der Waals surface area contributed by atoms with Crippen LogP contribution in [0.15, 0.2) is 51.8 Å². The minimum atomic E-state index is -0.473. The van der Waals surface area contributed by atoms with Crippen molar-refractivity contribution in [2.75, 3.05) is 6.54 Å². The van der Waals surface area contributed by atoms with Crippen LogP contribution in [0.2, 0.25) is 0 Å². The Hall–Kier alpha value is -4.21. The average Bonchev–Trinajstić information content (AvgIpc) is 3.26. The molecule has 0 bridgehead atoms. The van der Waals surface area contributed by atoms with Gasteiger partial charge < -0.3 is 18.7 Å². The topological polar surface area (TPSA) is 119 Å². The first-order valence-corrected chi connectivity index (χ1v) is 11.3. The van der Waals surface area contributed by atoms with Gasteiger partial charge in [-0.15, -0.1) is 10.2 Å². The Kier molecular flexibility index (Phi) is 4.05. The summed E-state index contributed by atoms with van der Waals surface area (Å²) in [5.74, 6) is 1.06. The molecule has 1 fully saturated rings. The molecule has 5 aromatic rings. The van der Waals surface area contributed by atoms with Gasteiger partial charge in [0.1, 0.15) is 17.4 Å². The summed E-state index contributed by atoms with van der Waals surface area (Å²) >= 11 is 0. The van der Waals surface area contributed by atoms with Crippen LogP contribution in [0, 0.1) is 0 Å². The third-order valence-corrected chi connectivity index (χ3v) is 6.64. The van der Waals surface area contributed by atoms with Gasteiger partial charge in [0.2, 0.25) is 0 Å². The Bertz CT molecular complexity index is 1540. The summed E-state index contributed by atoms with van der Waals surface area (Å²) in [6.07, 6.45) is 7.94. The fourth-order valence-electron chi connectivity index (χ4n) is 4.92. The van der Waals surface area contributed by atoms with Gasteiger partial charge in [-0.25, -0.2) is 4.98 Å². The summed E-state index contributed by atoms with van der Waals surface area (Å²) in [6, 6.07) is 7.58. The van der Waals surface area contributed by atoms with Crippen LogP contribution in [-0.2, 0) is 13.5 Å². The number of fused-ring (bicyclic) bond motifs is 2. The number of rotatable bonds is 4. The van der Waals surface area contributed by atoms with Gasteiger partial charge in [-0.1, -0.05) is 18.2 Å². The van der Waals surface area contributed by atoms with Crippen molar-refractivity contribution in [3.8, 4) is 11.5 Å². The average molecular weight is 455 g/mol. The summed E-state index contributed by atoms with van der Waals surface area (Å²) in [7, 11) is 1.80. The first-order valence-electron chi connectivity index (χ1n) is 11.3. The normalized spacial score (nSPS) is 17.9. The van der Waals surface area contributed by atoms with Crippen molar-refractivity contribution >= 4 is 16.9 Å². The molecule has 1 atom stereocenters. The number of aryl methyl sites for hydroxylation is 1. The molecule has 170 valence electrons. The number of para-hydroxylation sites is 1. The molecule has 10 heteroatoms. The van der Waals surface area contributed by atoms with E-state index in [1.165, 1.54) is 5.56 Å². The highest BCUT2D eigenvalue weighted by atomic mass is 16.4. The van der Waals surface area contributed by atoms with Crippen LogP contribution < -0.4 is 0 Å². The maximum Gasteiger partial charge on any atom is 0.312 e. The maximum atomic E-state index is 13.7. The number of aromatic amines is 1. The van der Waals surface area contributed by atoms with Crippen LogP contribution in [0.3, 0.4) is 0 Å². The summed E-state index contributed by atoms with van der Waals surface area (Å²) in [5.41, 5.74) is 4.47. The van der Waals surface area contributed by atoms with Crippen molar-refractivity contribution < 1.29 is 13.6 Å². The van der Waals surface area contributed by atoms with Gasteiger partial charge in [-0.2, -0.15) is 5.10 Å². The zero-order chi connectivity index (χ0) is 22.8. The van der Waals surface area contributed by atoms with E-state index in [2.05, 4.69) is 31.3 Å². The van der Waals surface area contributed by atoms with E-state index in [1.54, 1.807) is 35.4 Å². The summed E-state index contributed by atoms with van der Waals surface area (Å²) < 4.78 is 13.9. The molecule has 5 heterocycles. The highest BCUT2D eigenvalue weighted by molar-refractivity contribution is 5.91. The molecule has 10 nitrogen and oxygen atoms in total. The van der Waals surface area contributed by atoms with E-state index in [0.29, 0.717) is 24.4 Å². The number of benzene rings is 1. The Morgan fingerprint density at radius 3 is 2.88 bits per heavy atom. The second-order valence-electron chi connectivity index (χ2n) is 8.88. The molecular formula is C24H21N7O3. The number of nitrogens with one attached hydrogen (secondary N) is 1.